The molecule has 1 aliphatic rings. The number of aliphatic hydroxyl groups excluding tert-OH is 1. The van der Waals surface area contributed by atoms with Crippen molar-refractivity contribution in [3.8, 4) is 5.75 Å². The van der Waals surface area contributed by atoms with Gasteiger partial charge >= 0.3 is 0 Å². The molecule has 0 aliphatic heterocycles. The second-order valence-electron chi connectivity index (χ2n) is 8.12. The van der Waals surface area contributed by atoms with E-state index in [0.29, 0.717) is 11.7 Å². The maximum absolute atomic E-state index is 9.69. The third kappa shape index (κ3) is 3.92. The molecular weight excluding hydrogens is 296 g/mol. The van der Waals surface area contributed by atoms with Crippen LogP contribution in [-0.4, -0.2) is 10.2 Å². The van der Waals surface area contributed by atoms with E-state index >= 15 is 0 Å². The largest absolute Gasteiger partial charge is 0.513 e. The Balaban J connectivity index is 2.64. The molecular formula is C22H30O2. The lowest BCUT2D eigenvalue weighted by Crippen LogP contribution is -2.41. The minimum atomic E-state index is -0.150. The Bertz CT molecular complexity index is 645. The smallest absolute Gasteiger partial charge is 0.115 e. The maximum Gasteiger partial charge on any atom is 0.115 e. The number of phenols is 1. The monoisotopic (exact) mass is 326 g/mol. The Hall–Kier alpha value is -1.96. The van der Waals surface area contributed by atoms with Crippen molar-refractivity contribution in [3.63, 3.8) is 0 Å². The van der Waals surface area contributed by atoms with Gasteiger partial charge in [-0.1, -0.05) is 51.6 Å². The molecule has 1 unspecified atom stereocenters. The van der Waals surface area contributed by atoms with Crippen LogP contribution in [0.5, 0.6) is 5.75 Å². The maximum atomic E-state index is 9.69. The zero-order valence-electron chi connectivity index (χ0n) is 15.3. The van der Waals surface area contributed by atoms with Crippen LogP contribution in [0.2, 0.25) is 0 Å². The molecule has 1 aromatic rings. The van der Waals surface area contributed by atoms with Gasteiger partial charge in [0.05, 0.1) is 5.76 Å². The summed E-state index contributed by atoms with van der Waals surface area (Å²) in [6, 6.07) is 7.57. The normalized spacial score (nSPS) is 27.8. The Kier molecular flexibility index (Phi) is 5.27. The summed E-state index contributed by atoms with van der Waals surface area (Å²) in [7, 11) is 0. The van der Waals surface area contributed by atoms with E-state index in [0.717, 1.165) is 18.4 Å². The van der Waals surface area contributed by atoms with Crippen LogP contribution in [0.15, 0.2) is 60.4 Å². The van der Waals surface area contributed by atoms with E-state index in [4.69, 9.17) is 0 Å². The first kappa shape index (κ1) is 18.4. The van der Waals surface area contributed by atoms with E-state index in [-0.39, 0.29) is 16.6 Å². The number of allylic oxidation sites excluding steroid dienone is 5. The summed E-state index contributed by atoms with van der Waals surface area (Å²) < 4.78 is 0. The minimum absolute atomic E-state index is 0.150. The standard InChI is InChI=1S/C22H30O2/c1-6-18(8-7-17(3)23)22(19-9-11-20(24)12-10-19)14-16(2)13-21(4,5)15-22/h6-12,16,23-24H,1,13-15H2,2-5H3/b17-7+,18-8+/t16-,22?/m0/s1. The van der Waals surface area contributed by atoms with Crippen molar-refractivity contribution in [3.05, 3.63) is 66.0 Å². The van der Waals surface area contributed by atoms with E-state index in [2.05, 4.69) is 27.4 Å². The Morgan fingerprint density at radius 2 is 1.79 bits per heavy atom. The van der Waals surface area contributed by atoms with Crippen LogP contribution in [0.3, 0.4) is 0 Å². The van der Waals surface area contributed by atoms with Crippen LogP contribution < -0.4 is 0 Å². The number of benzene rings is 1. The van der Waals surface area contributed by atoms with Crippen molar-refractivity contribution in [2.45, 2.75) is 52.4 Å². The molecule has 24 heavy (non-hydrogen) atoms. The quantitative estimate of drug-likeness (QED) is 0.522. The van der Waals surface area contributed by atoms with Gasteiger partial charge in [-0.15, -0.1) is 0 Å². The molecule has 2 rings (SSSR count). The lowest BCUT2D eigenvalue weighted by atomic mass is 9.55. The van der Waals surface area contributed by atoms with Gasteiger partial charge in [-0.2, -0.15) is 0 Å². The number of hydrogen-bond donors (Lipinski definition) is 2. The number of hydrogen-bond acceptors (Lipinski definition) is 2. The average molecular weight is 326 g/mol. The highest BCUT2D eigenvalue weighted by atomic mass is 16.3. The molecule has 0 bridgehead atoms. The number of aliphatic hydroxyl groups is 1. The van der Waals surface area contributed by atoms with Crippen molar-refractivity contribution >= 4 is 0 Å². The molecule has 0 aromatic heterocycles. The summed E-state index contributed by atoms with van der Waals surface area (Å²) in [6.07, 6.45) is 8.91. The van der Waals surface area contributed by atoms with E-state index in [1.165, 1.54) is 12.0 Å². The van der Waals surface area contributed by atoms with Gasteiger partial charge in [0, 0.05) is 5.41 Å². The Morgan fingerprint density at radius 3 is 2.29 bits per heavy atom. The molecule has 2 nitrogen and oxygen atoms in total. The SMILES string of the molecule is C=C/C(=C\C=C(/C)O)C1(c2ccc(O)cc2)C[C@@H](C)CC(C)(C)C1. The molecule has 2 atom stereocenters. The highest BCUT2D eigenvalue weighted by Crippen LogP contribution is 2.54. The van der Waals surface area contributed by atoms with Gasteiger partial charge in [-0.3, -0.25) is 0 Å². The second kappa shape index (κ2) is 6.88. The van der Waals surface area contributed by atoms with Crippen LogP contribution in [0.25, 0.3) is 0 Å². The molecule has 0 saturated heterocycles. The Labute approximate surface area is 146 Å². The second-order valence-corrected chi connectivity index (χ2v) is 8.12. The van der Waals surface area contributed by atoms with Crippen molar-refractivity contribution in [1.29, 1.82) is 0 Å². The van der Waals surface area contributed by atoms with Gasteiger partial charge < -0.3 is 10.2 Å². The summed E-state index contributed by atoms with van der Waals surface area (Å²) in [5, 5.41) is 19.3. The molecule has 0 spiro atoms. The molecule has 1 saturated carbocycles. The van der Waals surface area contributed by atoms with E-state index in [1.54, 1.807) is 25.1 Å². The zero-order chi connectivity index (χ0) is 18.0. The molecule has 1 aliphatic carbocycles. The van der Waals surface area contributed by atoms with Crippen LogP contribution in [0, 0.1) is 11.3 Å². The van der Waals surface area contributed by atoms with Crippen molar-refractivity contribution in [1.82, 2.24) is 0 Å². The summed E-state index contributed by atoms with van der Waals surface area (Å²) in [6.45, 7) is 12.7. The molecule has 2 N–H and O–H groups in total. The topological polar surface area (TPSA) is 40.5 Å². The highest BCUT2D eigenvalue weighted by Gasteiger charge is 2.45. The molecule has 0 heterocycles. The van der Waals surface area contributed by atoms with E-state index in [9.17, 15) is 10.2 Å². The lowest BCUT2D eigenvalue weighted by Gasteiger charge is -2.49. The van der Waals surface area contributed by atoms with Gasteiger partial charge in [0.2, 0.25) is 0 Å². The van der Waals surface area contributed by atoms with Gasteiger partial charge in [-0.25, -0.2) is 0 Å². The average Bonchev–Trinajstić information content (AvgIpc) is 2.46. The fourth-order valence-electron chi connectivity index (χ4n) is 4.59. The van der Waals surface area contributed by atoms with Gasteiger partial charge in [-0.05, 0) is 66.9 Å². The van der Waals surface area contributed by atoms with Crippen LogP contribution in [-0.2, 0) is 5.41 Å². The summed E-state index contributed by atoms with van der Waals surface area (Å²) in [5.74, 6) is 1.16. The third-order valence-electron chi connectivity index (χ3n) is 5.07. The van der Waals surface area contributed by atoms with Gasteiger partial charge in [0.25, 0.3) is 0 Å². The minimum Gasteiger partial charge on any atom is -0.513 e. The first-order valence-electron chi connectivity index (χ1n) is 8.68. The van der Waals surface area contributed by atoms with Gasteiger partial charge in [0.1, 0.15) is 5.75 Å². The van der Waals surface area contributed by atoms with Crippen molar-refractivity contribution in [2.75, 3.05) is 0 Å². The first-order chi connectivity index (χ1) is 11.2. The fourth-order valence-corrected chi connectivity index (χ4v) is 4.59. The summed E-state index contributed by atoms with van der Waals surface area (Å²) in [4.78, 5) is 0. The first-order valence-corrected chi connectivity index (χ1v) is 8.68. The van der Waals surface area contributed by atoms with E-state index < -0.39 is 0 Å². The molecule has 0 radical (unpaired) electrons. The lowest BCUT2D eigenvalue weighted by molar-refractivity contribution is 0.126. The van der Waals surface area contributed by atoms with E-state index in [1.807, 2.05) is 24.3 Å². The predicted molar refractivity (Wildman–Crippen MR) is 101 cm³/mol. The fraction of sp³-hybridized carbons (Fsp3) is 0.455. The van der Waals surface area contributed by atoms with Crippen LogP contribution >= 0.6 is 0 Å². The summed E-state index contributed by atoms with van der Waals surface area (Å²) in [5.41, 5.74) is 2.40. The predicted octanol–water partition coefficient (Wildman–Crippen LogP) is 6.05. The van der Waals surface area contributed by atoms with Crippen molar-refractivity contribution < 1.29 is 10.2 Å². The molecule has 0 amide bonds. The summed E-state index contributed by atoms with van der Waals surface area (Å²) >= 11 is 0. The van der Waals surface area contributed by atoms with Gasteiger partial charge in [0.15, 0.2) is 0 Å². The molecule has 1 fully saturated rings. The number of rotatable bonds is 4. The van der Waals surface area contributed by atoms with Crippen LogP contribution in [0.4, 0.5) is 0 Å². The molecule has 1 aromatic carbocycles. The van der Waals surface area contributed by atoms with Crippen molar-refractivity contribution in [2.24, 2.45) is 11.3 Å². The molecule has 2 heteroatoms. The Morgan fingerprint density at radius 1 is 1.17 bits per heavy atom. The molecule has 130 valence electrons. The number of phenolic OH excluding ortho intramolecular Hbond substituents is 1. The van der Waals surface area contributed by atoms with Crippen LogP contribution in [0.1, 0.15) is 52.5 Å². The number of aromatic hydroxyl groups is 1. The third-order valence-corrected chi connectivity index (χ3v) is 5.07. The zero-order valence-corrected chi connectivity index (χ0v) is 15.3. The highest BCUT2D eigenvalue weighted by molar-refractivity contribution is 5.45.